The van der Waals surface area contributed by atoms with Crippen molar-refractivity contribution >= 4 is 10.9 Å². The highest BCUT2D eigenvalue weighted by Crippen LogP contribution is 2.16. The van der Waals surface area contributed by atoms with E-state index in [1.807, 2.05) is 6.20 Å². The van der Waals surface area contributed by atoms with E-state index < -0.39 is 0 Å². The molecule has 17 heavy (non-hydrogen) atoms. The average molecular weight is 232 g/mol. The Bertz CT molecular complexity index is 462. The quantitative estimate of drug-likeness (QED) is 0.751. The van der Waals surface area contributed by atoms with Crippen LogP contribution in [0.25, 0.3) is 10.9 Å². The molecule has 3 heteroatoms. The van der Waals surface area contributed by atoms with Gasteiger partial charge in [0.25, 0.3) is 0 Å². The molecule has 2 N–H and O–H groups in total. The number of benzene rings is 1. The predicted octanol–water partition coefficient (Wildman–Crippen LogP) is 2.68. The number of fused-ring (bicyclic) bond motifs is 1. The summed E-state index contributed by atoms with van der Waals surface area (Å²) >= 11 is 0. The van der Waals surface area contributed by atoms with Crippen molar-refractivity contribution < 1.29 is 4.74 Å². The molecule has 0 amide bonds. The van der Waals surface area contributed by atoms with E-state index in [1.165, 1.54) is 16.5 Å². The molecule has 0 saturated heterocycles. The van der Waals surface area contributed by atoms with E-state index in [0.29, 0.717) is 6.10 Å². The van der Waals surface area contributed by atoms with E-state index >= 15 is 0 Å². The molecule has 0 bridgehead atoms. The van der Waals surface area contributed by atoms with Crippen LogP contribution in [0, 0.1) is 0 Å². The first-order chi connectivity index (χ1) is 8.27. The Hall–Kier alpha value is -1.32. The zero-order chi connectivity index (χ0) is 12.1. The minimum absolute atomic E-state index is 0.309. The Morgan fingerprint density at radius 2 is 2.18 bits per heavy atom. The molecule has 3 nitrogen and oxygen atoms in total. The van der Waals surface area contributed by atoms with Gasteiger partial charge in [-0.05, 0) is 30.9 Å². The largest absolute Gasteiger partial charge is 0.377 e. The maximum Gasteiger partial charge on any atom is 0.0594 e. The van der Waals surface area contributed by atoms with Gasteiger partial charge in [-0.3, -0.25) is 0 Å². The first-order valence-corrected chi connectivity index (χ1v) is 6.14. The lowest BCUT2D eigenvalue weighted by atomic mass is 10.1. The van der Waals surface area contributed by atoms with Gasteiger partial charge in [0.15, 0.2) is 0 Å². The van der Waals surface area contributed by atoms with Crippen LogP contribution in [0.2, 0.25) is 0 Å². The van der Waals surface area contributed by atoms with Crippen molar-refractivity contribution in [2.45, 2.75) is 26.5 Å². The monoisotopic (exact) mass is 232 g/mol. The molecule has 92 valence electrons. The summed E-state index contributed by atoms with van der Waals surface area (Å²) in [5.74, 6) is 0. The van der Waals surface area contributed by atoms with Crippen LogP contribution in [0.4, 0.5) is 0 Å². The van der Waals surface area contributed by atoms with Gasteiger partial charge in [-0.15, -0.1) is 0 Å². The minimum Gasteiger partial charge on any atom is -0.377 e. The lowest BCUT2D eigenvalue weighted by Crippen LogP contribution is -2.21. The lowest BCUT2D eigenvalue weighted by Gasteiger charge is -2.09. The molecule has 0 aliphatic rings. The fourth-order valence-corrected chi connectivity index (χ4v) is 1.89. The Morgan fingerprint density at radius 1 is 1.29 bits per heavy atom. The molecule has 1 aromatic carbocycles. The molecule has 2 rings (SSSR count). The third-order valence-electron chi connectivity index (χ3n) is 2.72. The summed E-state index contributed by atoms with van der Waals surface area (Å²) in [6.45, 7) is 6.63. The van der Waals surface area contributed by atoms with Crippen molar-refractivity contribution in [2.24, 2.45) is 0 Å². The molecule has 0 atom stereocenters. The molecular weight excluding hydrogens is 212 g/mol. The van der Waals surface area contributed by atoms with Gasteiger partial charge in [0.1, 0.15) is 0 Å². The molecule has 0 saturated carbocycles. The highest BCUT2D eigenvalue weighted by atomic mass is 16.5. The van der Waals surface area contributed by atoms with Gasteiger partial charge >= 0.3 is 0 Å². The van der Waals surface area contributed by atoms with Crippen LogP contribution in [-0.2, 0) is 11.3 Å². The van der Waals surface area contributed by atoms with Gasteiger partial charge in [0.2, 0.25) is 0 Å². The number of aromatic nitrogens is 1. The molecule has 0 radical (unpaired) electrons. The van der Waals surface area contributed by atoms with Gasteiger partial charge in [-0.25, -0.2) is 0 Å². The smallest absolute Gasteiger partial charge is 0.0594 e. The maximum atomic E-state index is 5.48. The summed E-state index contributed by atoms with van der Waals surface area (Å²) in [4.78, 5) is 3.28. The number of rotatable bonds is 6. The van der Waals surface area contributed by atoms with Gasteiger partial charge in [-0.2, -0.15) is 0 Å². The summed E-state index contributed by atoms with van der Waals surface area (Å²) < 4.78 is 5.48. The molecule has 0 aliphatic carbocycles. The van der Waals surface area contributed by atoms with E-state index in [2.05, 4.69) is 48.4 Å². The number of hydrogen-bond donors (Lipinski definition) is 2. The van der Waals surface area contributed by atoms with Crippen LogP contribution < -0.4 is 5.32 Å². The van der Waals surface area contributed by atoms with E-state index in [-0.39, 0.29) is 0 Å². The maximum absolute atomic E-state index is 5.48. The van der Waals surface area contributed by atoms with Gasteiger partial charge in [-0.1, -0.05) is 18.2 Å². The first-order valence-electron chi connectivity index (χ1n) is 6.14. The van der Waals surface area contributed by atoms with Gasteiger partial charge in [0, 0.05) is 24.8 Å². The number of hydrogen-bond acceptors (Lipinski definition) is 2. The number of ether oxygens (including phenoxy) is 1. The topological polar surface area (TPSA) is 37.0 Å². The van der Waals surface area contributed by atoms with Crippen LogP contribution in [0.3, 0.4) is 0 Å². The molecule has 2 aromatic rings. The number of para-hydroxylation sites is 1. The second kappa shape index (κ2) is 5.84. The van der Waals surface area contributed by atoms with Gasteiger partial charge in [0.05, 0.1) is 12.7 Å². The van der Waals surface area contributed by atoms with E-state index in [9.17, 15) is 0 Å². The van der Waals surface area contributed by atoms with Crippen LogP contribution >= 0.6 is 0 Å². The van der Waals surface area contributed by atoms with E-state index in [4.69, 9.17) is 4.74 Å². The molecule has 0 aliphatic heterocycles. The summed E-state index contributed by atoms with van der Waals surface area (Å²) in [6, 6.07) is 8.46. The zero-order valence-electron chi connectivity index (χ0n) is 10.5. The molecule has 1 aromatic heterocycles. The van der Waals surface area contributed by atoms with Crippen molar-refractivity contribution in [1.82, 2.24) is 10.3 Å². The second-order valence-corrected chi connectivity index (χ2v) is 4.46. The van der Waals surface area contributed by atoms with Crippen LogP contribution in [-0.4, -0.2) is 24.2 Å². The number of H-pyrrole nitrogens is 1. The minimum atomic E-state index is 0.309. The second-order valence-electron chi connectivity index (χ2n) is 4.46. The van der Waals surface area contributed by atoms with Crippen molar-refractivity contribution in [1.29, 1.82) is 0 Å². The van der Waals surface area contributed by atoms with Crippen molar-refractivity contribution in [3.05, 3.63) is 36.0 Å². The summed E-state index contributed by atoms with van der Waals surface area (Å²) in [6.07, 6.45) is 2.29. The van der Waals surface area contributed by atoms with Crippen molar-refractivity contribution in [2.75, 3.05) is 13.2 Å². The molecule has 0 unspecified atom stereocenters. The zero-order valence-corrected chi connectivity index (χ0v) is 10.5. The van der Waals surface area contributed by atoms with Crippen molar-refractivity contribution in [3.63, 3.8) is 0 Å². The first kappa shape index (κ1) is 12.1. The van der Waals surface area contributed by atoms with Gasteiger partial charge < -0.3 is 15.0 Å². The standard InChI is InChI=1S/C14H20N2O/c1-11(2)17-9-8-15-10-13-5-3-4-12-6-7-16-14(12)13/h3-7,11,15-16H,8-10H2,1-2H3. The fraction of sp³-hybridized carbons (Fsp3) is 0.429. The van der Waals surface area contributed by atoms with Crippen LogP contribution in [0.15, 0.2) is 30.5 Å². The highest BCUT2D eigenvalue weighted by Gasteiger charge is 2.00. The number of nitrogens with one attached hydrogen (secondary N) is 2. The molecule has 1 heterocycles. The summed E-state index contributed by atoms with van der Waals surface area (Å²) in [7, 11) is 0. The third kappa shape index (κ3) is 3.32. The average Bonchev–Trinajstić information content (AvgIpc) is 2.77. The fourth-order valence-electron chi connectivity index (χ4n) is 1.89. The Balaban J connectivity index is 1.84. The number of aromatic amines is 1. The third-order valence-corrected chi connectivity index (χ3v) is 2.72. The Kier molecular flexibility index (Phi) is 4.18. The Morgan fingerprint density at radius 3 is 3.00 bits per heavy atom. The van der Waals surface area contributed by atoms with E-state index in [1.54, 1.807) is 0 Å². The SMILES string of the molecule is CC(C)OCCNCc1cccc2cc[nH]c12. The van der Waals surface area contributed by atoms with Crippen molar-refractivity contribution in [3.8, 4) is 0 Å². The molecular formula is C14H20N2O. The predicted molar refractivity (Wildman–Crippen MR) is 71.1 cm³/mol. The Labute approximate surface area is 102 Å². The van der Waals surface area contributed by atoms with Crippen LogP contribution in [0.1, 0.15) is 19.4 Å². The molecule has 0 fully saturated rings. The van der Waals surface area contributed by atoms with Crippen LogP contribution in [0.5, 0.6) is 0 Å². The molecule has 0 spiro atoms. The van der Waals surface area contributed by atoms with E-state index in [0.717, 1.165) is 19.7 Å². The highest BCUT2D eigenvalue weighted by molar-refractivity contribution is 5.82. The lowest BCUT2D eigenvalue weighted by molar-refractivity contribution is 0.0807. The summed E-state index contributed by atoms with van der Waals surface area (Å²) in [5.41, 5.74) is 2.53. The summed E-state index contributed by atoms with van der Waals surface area (Å²) in [5, 5.41) is 4.66. The normalized spacial score (nSPS) is 11.5.